The van der Waals surface area contributed by atoms with E-state index < -0.39 is 0 Å². The van der Waals surface area contributed by atoms with Crippen molar-refractivity contribution in [2.75, 3.05) is 11.9 Å². The standard InChI is InChI=1S/C11H15N3O2/c1-14(8-2-4-9(15)5-3-8)10-6-11(16)13-7-12-10/h6-8H,2-5H2,1H3,(H,12,13,16). The van der Waals surface area contributed by atoms with Crippen molar-refractivity contribution < 1.29 is 4.79 Å². The van der Waals surface area contributed by atoms with Crippen LogP contribution in [0.2, 0.25) is 0 Å². The Labute approximate surface area is 93.5 Å². The molecule has 1 aromatic rings. The summed E-state index contributed by atoms with van der Waals surface area (Å²) in [5.74, 6) is 1.01. The number of H-pyrrole nitrogens is 1. The SMILES string of the molecule is CN(c1cc(=O)[nH]cn1)C1CCC(=O)CC1. The predicted octanol–water partition coefficient (Wildman–Crippen LogP) is 0.718. The molecule has 0 bridgehead atoms. The molecule has 5 heteroatoms. The lowest BCUT2D eigenvalue weighted by Gasteiger charge is -2.31. The summed E-state index contributed by atoms with van der Waals surface area (Å²) in [5, 5.41) is 0. The zero-order valence-corrected chi connectivity index (χ0v) is 9.27. The third-order valence-corrected chi connectivity index (χ3v) is 3.09. The van der Waals surface area contributed by atoms with Crippen molar-refractivity contribution in [1.82, 2.24) is 9.97 Å². The molecule has 1 aliphatic rings. The fourth-order valence-electron chi connectivity index (χ4n) is 2.05. The van der Waals surface area contributed by atoms with Crippen LogP contribution >= 0.6 is 0 Å². The number of rotatable bonds is 2. The Bertz CT molecular complexity index is 431. The average Bonchev–Trinajstić information content (AvgIpc) is 2.29. The van der Waals surface area contributed by atoms with Gasteiger partial charge in [0.2, 0.25) is 0 Å². The van der Waals surface area contributed by atoms with Crippen molar-refractivity contribution in [3.05, 3.63) is 22.7 Å². The highest BCUT2D eigenvalue weighted by Gasteiger charge is 2.22. The molecule has 1 N–H and O–H groups in total. The molecule has 1 heterocycles. The zero-order valence-electron chi connectivity index (χ0n) is 9.27. The first-order valence-electron chi connectivity index (χ1n) is 5.46. The smallest absolute Gasteiger partial charge is 0.252 e. The first-order valence-corrected chi connectivity index (χ1v) is 5.46. The van der Waals surface area contributed by atoms with Gasteiger partial charge in [-0.05, 0) is 12.8 Å². The molecule has 1 fully saturated rings. The van der Waals surface area contributed by atoms with Crippen LogP contribution < -0.4 is 10.5 Å². The molecule has 1 aromatic heterocycles. The van der Waals surface area contributed by atoms with Crippen LogP contribution in [0.1, 0.15) is 25.7 Å². The molecule has 0 radical (unpaired) electrons. The minimum atomic E-state index is -0.149. The normalized spacial score (nSPS) is 17.4. The van der Waals surface area contributed by atoms with E-state index in [4.69, 9.17) is 0 Å². The molecule has 0 saturated heterocycles. The third-order valence-electron chi connectivity index (χ3n) is 3.09. The van der Waals surface area contributed by atoms with Crippen molar-refractivity contribution in [3.8, 4) is 0 Å². The maximum Gasteiger partial charge on any atom is 0.252 e. The Kier molecular flexibility index (Phi) is 3.03. The maximum absolute atomic E-state index is 11.2. The predicted molar refractivity (Wildman–Crippen MR) is 60.5 cm³/mol. The van der Waals surface area contributed by atoms with Gasteiger partial charge in [0.15, 0.2) is 0 Å². The molecule has 1 saturated carbocycles. The summed E-state index contributed by atoms with van der Waals surface area (Å²) in [5.41, 5.74) is -0.149. The van der Waals surface area contributed by atoms with Crippen LogP contribution in [-0.2, 0) is 4.79 Å². The van der Waals surface area contributed by atoms with Gasteiger partial charge in [0, 0.05) is 32.0 Å². The number of aromatic nitrogens is 2. The molecule has 0 amide bonds. The largest absolute Gasteiger partial charge is 0.356 e. The summed E-state index contributed by atoms with van der Waals surface area (Å²) in [6, 6.07) is 1.79. The second-order valence-electron chi connectivity index (χ2n) is 4.15. The first kappa shape index (κ1) is 10.9. The fraction of sp³-hybridized carbons (Fsp3) is 0.545. The lowest BCUT2D eigenvalue weighted by molar-refractivity contribution is -0.120. The van der Waals surface area contributed by atoms with Crippen molar-refractivity contribution in [1.29, 1.82) is 0 Å². The van der Waals surface area contributed by atoms with Gasteiger partial charge in [0.05, 0.1) is 6.33 Å². The van der Waals surface area contributed by atoms with E-state index in [1.54, 1.807) is 0 Å². The number of Topliss-reactive ketones (excluding diaryl/α,β-unsaturated/α-hetero) is 1. The molecule has 2 rings (SSSR count). The number of nitrogens with one attached hydrogen (secondary N) is 1. The summed E-state index contributed by atoms with van der Waals surface area (Å²) in [6.07, 6.45) is 4.38. The van der Waals surface area contributed by atoms with Gasteiger partial charge in [-0.2, -0.15) is 0 Å². The summed E-state index contributed by atoms with van der Waals surface area (Å²) in [6.45, 7) is 0. The topological polar surface area (TPSA) is 66.1 Å². The third kappa shape index (κ3) is 2.29. The molecular weight excluding hydrogens is 206 g/mol. The van der Waals surface area contributed by atoms with Crippen molar-refractivity contribution in [2.24, 2.45) is 0 Å². The average molecular weight is 221 g/mol. The lowest BCUT2D eigenvalue weighted by atomic mass is 9.93. The number of carbonyl (C=O) groups is 1. The number of anilines is 1. The Hall–Kier alpha value is -1.65. The van der Waals surface area contributed by atoms with Crippen molar-refractivity contribution >= 4 is 11.6 Å². The van der Waals surface area contributed by atoms with E-state index in [0.29, 0.717) is 30.5 Å². The van der Waals surface area contributed by atoms with E-state index >= 15 is 0 Å². The van der Waals surface area contributed by atoms with Gasteiger partial charge < -0.3 is 9.88 Å². The van der Waals surface area contributed by atoms with Crippen LogP contribution in [0.5, 0.6) is 0 Å². The van der Waals surface area contributed by atoms with Gasteiger partial charge in [-0.3, -0.25) is 9.59 Å². The van der Waals surface area contributed by atoms with E-state index in [2.05, 4.69) is 9.97 Å². The molecule has 0 unspecified atom stereocenters. The monoisotopic (exact) mass is 221 g/mol. The minimum absolute atomic E-state index is 0.149. The van der Waals surface area contributed by atoms with Crippen LogP contribution in [0.15, 0.2) is 17.2 Å². The Morgan fingerprint density at radius 2 is 2.06 bits per heavy atom. The molecule has 0 aromatic carbocycles. The maximum atomic E-state index is 11.2. The van der Waals surface area contributed by atoms with Crippen LogP contribution in [0.3, 0.4) is 0 Å². The Balaban J connectivity index is 2.10. The zero-order chi connectivity index (χ0) is 11.5. The second kappa shape index (κ2) is 4.47. The molecule has 0 aliphatic heterocycles. The summed E-state index contributed by atoms with van der Waals surface area (Å²) in [4.78, 5) is 30.9. The van der Waals surface area contributed by atoms with Crippen LogP contribution in [-0.4, -0.2) is 28.8 Å². The number of hydrogen-bond donors (Lipinski definition) is 1. The van der Waals surface area contributed by atoms with Gasteiger partial charge in [-0.15, -0.1) is 0 Å². The van der Waals surface area contributed by atoms with Gasteiger partial charge in [-0.25, -0.2) is 4.98 Å². The van der Waals surface area contributed by atoms with Crippen molar-refractivity contribution in [3.63, 3.8) is 0 Å². The van der Waals surface area contributed by atoms with Crippen LogP contribution in [0.25, 0.3) is 0 Å². The van der Waals surface area contributed by atoms with Gasteiger partial charge >= 0.3 is 0 Å². The van der Waals surface area contributed by atoms with Gasteiger partial charge in [0.1, 0.15) is 11.6 Å². The van der Waals surface area contributed by atoms with Crippen LogP contribution in [0.4, 0.5) is 5.82 Å². The highest BCUT2D eigenvalue weighted by Crippen LogP contribution is 2.22. The fourth-order valence-corrected chi connectivity index (χ4v) is 2.05. The number of hydrogen-bond acceptors (Lipinski definition) is 4. The minimum Gasteiger partial charge on any atom is -0.356 e. The van der Waals surface area contributed by atoms with Crippen LogP contribution in [0, 0.1) is 0 Å². The molecule has 1 aliphatic carbocycles. The number of carbonyl (C=O) groups excluding carboxylic acids is 1. The Morgan fingerprint density at radius 3 is 2.69 bits per heavy atom. The molecule has 5 nitrogen and oxygen atoms in total. The number of aromatic amines is 1. The van der Waals surface area contributed by atoms with E-state index in [-0.39, 0.29) is 5.56 Å². The quantitative estimate of drug-likeness (QED) is 0.799. The molecule has 16 heavy (non-hydrogen) atoms. The van der Waals surface area contributed by atoms with E-state index in [0.717, 1.165) is 12.8 Å². The number of nitrogens with zero attached hydrogens (tertiary/aromatic N) is 2. The second-order valence-corrected chi connectivity index (χ2v) is 4.15. The van der Waals surface area contributed by atoms with E-state index in [1.807, 2.05) is 11.9 Å². The van der Waals surface area contributed by atoms with Crippen molar-refractivity contribution in [2.45, 2.75) is 31.7 Å². The van der Waals surface area contributed by atoms with Gasteiger partial charge in [0.25, 0.3) is 5.56 Å². The van der Waals surface area contributed by atoms with E-state index in [1.165, 1.54) is 12.4 Å². The Morgan fingerprint density at radius 1 is 1.38 bits per heavy atom. The number of ketones is 1. The van der Waals surface area contributed by atoms with Gasteiger partial charge in [-0.1, -0.05) is 0 Å². The lowest BCUT2D eigenvalue weighted by Crippen LogP contribution is -2.36. The highest BCUT2D eigenvalue weighted by molar-refractivity contribution is 5.79. The summed E-state index contributed by atoms with van der Waals surface area (Å²) in [7, 11) is 1.92. The highest BCUT2D eigenvalue weighted by atomic mass is 16.1. The molecule has 0 atom stereocenters. The molecule has 0 spiro atoms. The first-order chi connectivity index (χ1) is 7.66. The molecular formula is C11H15N3O2. The molecule has 86 valence electrons. The summed E-state index contributed by atoms with van der Waals surface area (Å²) < 4.78 is 0. The van der Waals surface area contributed by atoms with E-state index in [9.17, 15) is 9.59 Å². The summed E-state index contributed by atoms with van der Waals surface area (Å²) >= 11 is 0.